The van der Waals surface area contributed by atoms with Crippen LogP contribution < -0.4 is 25.0 Å². The number of hydrogen-bond acceptors (Lipinski definition) is 6. The largest absolute Gasteiger partial charge is 0.493 e. The van der Waals surface area contributed by atoms with Crippen molar-refractivity contribution >= 4 is 32.8 Å². The van der Waals surface area contributed by atoms with Gasteiger partial charge in [0.15, 0.2) is 17.3 Å². The van der Waals surface area contributed by atoms with Crippen molar-refractivity contribution in [2.24, 2.45) is 0 Å². The number of carbonyl (C=O) groups is 1. The summed E-state index contributed by atoms with van der Waals surface area (Å²) in [7, 11) is 4.47. The fraction of sp³-hybridized carbons (Fsp3) is 0.238. The number of para-hydroxylation sites is 1. The monoisotopic (exact) mass is 461 g/mol. The molecule has 0 spiro atoms. The summed E-state index contributed by atoms with van der Waals surface area (Å²) in [5.74, 6) is 0.758. The quantitative estimate of drug-likeness (QED) is 0.540. The molecule has 29 heavy (non-hydrogen) atoms. The fourth-order valence-corrected chi connectivity index (χ4v) is 3.21. The highest BCUT2D eigenvalue weighted by molar-refractivity contribution is 9.09. The van der Waals surface area contributed by atoms with Gasteiger partial charge in [0.25, 0.3) is 5.91 Å². The number of ether oxygens (including phenoxy) is 3. The second-order valence-corrected chi connectivity index (χ2v) is 6.78. The number of benzene rings is 2. The molecule has 0 saturated carbocycles. The van der Waals surface area contributed by atoms with Gasteiger partial charge in [0.1, 0.15) is 11.1 Å². The van der Waals surface area contributed by atoms with E-state index in [0.29, 0.717) is 45.7 Å². The molecule has 1 N–H and O–H groups in total. The third-order valence-corrected chi connectivity index (χ3v) is 4.73. The van der Waals surface area contributed by atoms with Gasteiger partial charge in [0.2, 0.25) is 11.2 Å². The van der Waals surface area contributed by atoms with Gasteiger partial charge >= 0.3 is 0 Å². The molecule has 3 rings (SSSR count). The van der Waals surface area contributed by atoms with E-state index in [2.05, 4.69) is 21.2 Å². The Morgan fingerprint density at radius 1 is 1.07 bits per heavy atom. The summed E-state index contributed by atoms with van der Waals surface area (Å²) in [5.41, 5.74) is 0.325. The average molecular weight is 462 g/mol. The molecule has 0 bridgehead atoms. The van der Waals surface area contributed by atoms with Gasteiger partial charge in [0, 0.05) is 17.4 Å². The SMILES string of the molecule is COc1cc(-c2oc3ccccc3c(=O)c2C(=O)NCCBr)cc(OC)c1OC. The number of amides is 1. The Morgan fingerprint density at radius 3 is 2.31 bits per heavy atom. The summed E-state index contributed by atoms with van der Waals surface area (Å²) < 4.78 is 22.1. The first-order valence-corrected chi connectivity index (χ1v) is 9.88. The van der Waals surface area contributed by atoms with E-state index >= 15 is 0 Å². The van der Waals surface area contributed by atoms with Crippen LogP contribution in [0, 0.1) is 0 Å². The predicted octanol–water partition coefficient (Wildman–Crippen LogP) is 3.61. The van der Waals surface area contributed by atoms with E-state index in [0.717, 1.165) is 0 Å². The van der Waals surface area contributed by atoms with Crippen LogP contribution in [0.5, 0.6) is 17.2 Å². The Hall–Kier alpha value is -3.00. The first-order chi connectivity index (χ1) is 14.0. The van der Waals surface area contributed by atoms with Crippen molar-refractivity contribution in [1.29, 1.82) is 0 Å². The highest BCUT2D eigenvalue weighted by Crippen LogP contribution is 2.42. The van der Waals surface area contributed by atoms with E-state index < -0.39 is 11.3 Å². The topological polar surface area (TPSA) is 87.0 Å². The van der Waals surface area contributed by atoms with Crippen molar-refractivity contribution in [3.05, 3.63) is 52.2 Å². The Labute approximate surface area is 175 Å². The zero-order valence-electron chi connectivity index (χ0n) is 16.2. The van der Waals surface area contributed by atoms with Gasteiger partial charge in [-0.1, -0.05) is 28.1 Å². The van der Waals surface area contributed by atoms with Crippen molar-refractivity contribution in [1.82, 2.24) is 5.32 Å². The molecule has 0 radical (unpaired) electrons. The molecule has 1 aromatic heterocycles. The van der Waals surface area contributed by atoms with Gasteiger partial charge in [-0.05, 0) is 24.3 Å². The molecule has 0 saturated heterocycles. The normalized spacial score (nSPS) is 10.6. The lowest BCUT2D eigenvalue weighted by molar-refractivity contribution is 0.0954. The third-order valence-electron chi connectivity index (χ3n) is 4.33. The molecule has 0 aliphatic heterocycles. The molecule has 0 unspecified atom stereocenters. The molecule has 0 atom stereocenters. The molecule has 0 aliphatic carbocycles. The maximum Gasteiger partial charge on any atom is 0.259 e. The summed E-state index contributed by atoms with van der Waals surface area (Å²) >= 11 is 3.26. The van der Waals surface area contributed by atoms with E-state index in [1.54, 1.807) is 36.4 Å². The molecular formula is C21H20BrNO6. The van der Waals surface area contributed by atoms with Gasteiger partial charge in [0.05, 0.1) is 26.7 Å². The minimum atomic E-state index is -0.521. The highest BCUT2D eigenvalue weighted by atomic mass is 79.9. The van der Waals surface area contributed by atoms with Crippen LogP contribution in [0.3, 0.4) is 0 Å². The zero-order valence-corrected chi connectivity index (χ0v) is 17.8. The molecule has 152 valence electrons. The zero-order chi connectivity index (χ0) is 21.0. The van der Waals surface area contributed by atoms with E-state index in [1.807, 2.05) is 0 Å². The molecule has 1 amide bonds. The molecule has 7 nitrogen and oxygen atoms in total. The standard InChI is InChI=1S/C21H20BrNO6/c1-26-15-10-12(11-16(27-2)20(15)28-3)19-17(21(25)23-9-8-22)18(24)13-6-4-5-7-14(13)29-19/h4-7,10-11H,8-9H2,1-3H3,(H,23,25). The number of nitrogens with one attached hydrogen (secondary N) is 1. The van der Waals surface area contributed by atoms with Gasteiger partial charge in [-0.2, -0.15) is 0 Å². The lowest BCUT2D eigenvalue weighted by Gasteiger charge is -2.15. The van der Waals surface area contributed by atoms with E-state index in [9.17, 15) is 9.59 Å². The van der Waals surface area contributed by atoms with Crippen molar-refractivity contribution < 1.29 is 23.4 Å². The van der Waals surface area contributed by atoms with Gasteiger partial charge in [-0.3, -0.25) is 9.59 Å². The van der Waals surface area contributed by atoms with Crippen LogP contribution in [0.25, 0.3) is 22.3 Å². The summed E-state index contributed by atoms with van der Waals surface area (Å²) in [6.07, 6.45) is 0. The summed E-state index contributed by atoms with van der Waals surface area (Å²) in [6, 6.07) is 10.1. The highest BCUT2D eigenvalue weighted by Gasteiger charge is 2.24. The number of alkyl halides is 1. The first kappa shape index (κ1) is 20.7. The predicted molar refractivity (Wildman–Crippen MR) is 114 cm³/mol. The minimum absolute atomic E-state index is 0.0843. The third kappa shape index (κ3) is 3.93. The van der Waals surface area contributed by atoms with E-state index in [4.69, 9.17) is 18.6 Å². The smallest absolute Gasteiger partial charge is 0.259 e. The van der Waals surface area contributed by atoms with Crippen LogP contribution in [0.15, 0.2) is 45.6 Å². The maximum atomic E-state index is 13.1. The van der Waals surface area contributed by atoms with Crippen LogP contribution in [0.1, 0.15) is 10.4 Å². The second-order valence-electron chi connectivity index (χ2n) is 5.99. The summed E-state index contributed by atoms with van der Waals surface area (Å²) in [5, 5.41) is 3.59. The average Bonchev–Trinajstić information content (AvgIpc) is 2.76. The second kappa shape index (κ2) is 9.00. The van der Waals surface area contributed by atoms with Crippen LogP contribution in [0.4, 0.5) is 0 Å². The van der Waals surface area contributed by atoms with Gasteiger partial charge in [-0.25, -0.2) is 0 Å². The lowest BCUT2D eigenvalue weighted by atomic mass is 10.0. The van der Waals surface area contributed by atoms with Gasteiger partial charge in [-0.15, -0.1) is 0 Å². The van der Waals surface area contributed by atoms with Crippen molar-refractivity contribution in [3.8, 4) is 28.6 Å². The molecule has 8 heteroatoms. The molecule has 3 aromatic rings. The van der Waals surface area contributed by atoms with Crippen molar-refractivity contribution in [3.63, 3.8) is 0 Å². The molecule has 1 heterocycles. The number of halogens is 1. The Balaban J connectivity index is 2.33. The van der Waals surface area contributed by atoms with Crippen LogP contribution in [0.2, 0.25) is 0 Å². The number of fused-ring (bicyclic) bond motifs is 1. The number of methoxy groups -OCH3 is 3. The Morgan fingerprint density at radius 2 is 1.72 bits per heavy atom. The Kier molecular flexibility index (Phi) is 6.43. The Bertz CT molecular complexity index is 1080. The number of rotatable bonds is 7. The van der Waals surface area contributed by atoms with Crippen LogP contribution >= 0.6 is 15.9 Å². The van der Waals surface area contributed by atoms with Crippen LogP contribution in [-0.2, 0) is 0 Å². The van der Waals surface area contributed by atoms with E-state index in [1.165, 1.54) is 21.3 Å². The fourth-order valence-electron chi connectivity index (χ4n) is 3.01. The molecule has 0 fully saturated rings. The lowest BCUT2D eigenvalue weighted by Crippen LogP contribution is -2.30. The molecule has 2 aromatic carbocycles. The maximum absolute atomic E-state index is 13.1. The van der Waals surface area contributed by atoms with Gasteiger partial charge < -0.3 is 23.9 Å². The summed E-state index contributed by atoms with van der Waals surface area (Å²) in [6.45, 7) is 0.361. The number of hydrogen-bond donors (Lipinski definition) is 1. The van der Waals surface area contributed by atoms with Crippen molar-refractivity contribution in [2.45, 2.75) is 0 Å². The summed E-state index contributed by atoms with van der Waals surface area (Å²) in [4.78, 5) is 26.0. The van der Waals surface area contributed by atoms with Crippen molar-refractivity contribution in [2.75, 3.05) is 33.2 Å². The van der Waals surface area contributed by atoms with Crippen LogP contribution in [-0.4, -0.2) is 39.1 Å². The first-order valence-electron chi connectivity index (χ1n) is 8.76. The van der Waals surface area contributed by atoms with E-state index in [-0.39, 0.29) is 11.3 Å². The molecule has 0 aliphatic rings. The number of carbonyl (C=O) groups excluding carboxylic acids is 1. The minimum Gasteiger partial charge on any atom is -0.493 e. The molecular weight excluding hydrogens is 442 g/mol.